The number of nitrogens with zero attached hydrogens (tertiary/aromatic N) is 4. The number of carbonyl (C=O) groups excluding carboxylic acids is 2. The standard InChI is InChI=1S/C17H25N5O3/c1-14(23)25-17(24)16(21-8-6-19-7-9-21)22-12-10-20(11-13-22)15-2-4-18-5-3-15/h2-5,16,19H,6-13H2,1H3. The van der Waals surface area contributed by atoms with Crippen molar-refractivity contribution in [1.29, 1.82) is 0 Å². The summed E-state index contributed by atoms with van der Waals surface area (Å²) < 4.78 is 4.93. The molecule has 1 N–H and O–H groups in total. The van der Waals surface area contributed by atoms with Crippen LogP contribution in [0.2, 0.25) is 0 Å². The first kappa shape index (κ1) is 17.8. The van der Waals surface area contributed by atoms with Crippen LogP contribution in [-0.4, -0.2) is 85.2 Å². The number of anilines is 1. The zero-order valence-corrected chi connectivity index (χ0v) is 14.6. The first-order valence-corrected chi connectivity index (χ1v) is 8.71. The Kier molecular flexibility index (Phi) is 5.95. The summed E-state index contributed by atoms with van der Waals surface area (Å²) in [5, 5.41) is 3.29. The van der Waals surface area contributed by atoms with Gasteiger partial charge in [-0.3, -0.25) is 19.6 Å². The Hall–Kier alpha value is -2.03. The van der Waals surface area contributed by atoms with Crippen molar-refractivity contribution in [3.8, 4) is 0 Å². The Bertz CT molecular complexity index is 583. The van der Waals surface area contributed by atoms with E-state index in [9.17, 15) is 9.59 Å². The molecule has 0 radical (unpaired) electrons. The largest absolute Gasteiger partial charge is 0.391 e. The van der Waals surface area contributed by atoms with Crippen LogP contribution in [0.3, 0.4) is 0 Å². The first-order valence-electron chi connectivity index (χ1n) is 8.71. The van der Waals surface area contributed by atoms with Crippen LogP contribution in [0.15, 0.2) is 24.5 Å². The molecule has 0 amide bonds. The van der Waals surface area contributed by atoms with Gasteiger partial charge < -0.3 is 15.0 Å². The molecule has 1 unspecified atom stereocenters. The third-order valence-electron chi connectivity index (χ3n) is 4.64. The molecule has 2 saturated heterocycles. The topological polar surface area (TPSA) is 78.0 Å². The second-order valence-electron chi connectivity index (χ2n) is 6.30. The number of nitrogens with one attached hydrogen (secondary N) is 1. The van der Waals surface area contributed by atoms with Gasteiger partial charge >= 0.3 is 11.9 Å². The molecule has 0 bridgehead atoms. The molecule has 0 aromatic carbocycles. The Morgan fingerprint density at radius 1 is 1.04 bits per heavy atom. The highest BCUT2D eigenvalue weighted by molar-refractivity contribution is 5.87. The molecule has 2 aliphatic heterocycles. The lowest BCUT2D eigenvalue weighted by Crippen LogP contribution is -2.62. The van der Waals surface area contributed by atoms with E-state index in [0.717, 1.165) is 58.0 Å². The molecule has 25 heavy (non-hydrogen) atoms. The molecule has 0 aliphatic carbocycles. The van der Waals surface area contributed by atoms with E-state index >= 15 is 0 Å². The van der Waals surface area contributed by atoms with Gasteiger partial charge in [-0.1, -0.05) is 0 Å². The van der Waals surface area contributed by atoms with Crippen LogP contribution < -0.4 is 10.2 Å². The fourth-order valence-corrected chi connectivity index (χ4v) is 3.43. The second-order valence-corrected chi connectivity index (χ2v) is 6.30. The number of esters is 2. The van der Waals surface area contributed by atoms with Crippen LogP contribution in [0.25, 0.3) is 0 Å². The molecule has 1 atom stereocenters. The quantitative estimate of drug-likeness (QED) is 0.578. The smallest absolute Gasteiger partial charge is 0.346 e. The predicted octanol–water partition coefficient (Wildman–Crippen LogP) is -0.475. The molecule has 8 heteroatoms. The van der Waals surface area contributed by atoms with Gasteiger partial charge in [0.15, 0.2) is 6.17 Å². The summed E-state index contributed by atoms with van der Waals surface area (Å²) in [6.45, 7) is 7.59. The first-order chi connectivity index (χ1) is 12.1. The average Bonchev–Trinajstić information content (AvgIpc) is 2.63. The van der Waals surface area contributed by atoms with Gasteiger partial charge in [-0.25, -0.2) is 4.79 Å². The second kappa shape index (κ2) is 8.37. The summed E-state index contributed by atoms with van der Waals surface area (Å²) in [5.74, 6) is -1.02. The van der Waals surface area contributed by atoms with Crippen LogP contribution in [0.1, 0.15) is 6.92 Å². The average molecular weight is 347 g/mol. The molecular weight excluding hydrogens is 322 g/mol. The van der Waals surface area contributed by atoms with E-state index < -0.39 is 18.1 Å². The number of piperazine rings is 2. The van der Waals surface area contributed by atoms with E-state index in [-0.39, 0.29) is 0 Å². The zero-order valence-electron chi connectivity index (χ0n) is 14.6. The van der Waals surface area contributed by atoms with Crippen molar-refractivity contribution in [3.05, 3.63) is 24.5 Å². The third kappa shape index (κ3) is 4.53. The Labute approximate surface area is 147 Å². The van der Waals surface area contributed by atoms with Crippen LogP contribution in [0.4, 0.5) is 5.69 Å². The van der Waals surface area contributed by atoms with Gasteiger partial charge in [0.1, 0.15) is 0 Å². The van der Waals surface area contributed by atoms with E-state index in [4.69, 9.17) is 4.74 Å². The van der Waals surface area contributed by atoms with E-state index in [1.165, 1.54) is 6.92 Å². The van der Waals surface area contributed by atoms with E-state index in [1.807, 2.05) is 12.1 Å². The van der Waals surface area contributed by atoms with Crippen molar-refractivity contribution < 1.29 is 14.3 Å². The summed E-state index contributed by atoms with van der Waals surface area (Å²) >= 11 is 0. The predicted molar refractivity (Wildman–Crippen MR) is 93.0 cm³/mol. The summed E-state index contributed by atoms with van der Waals surface area (Å²) in [4.78, 5) is 34.3. The van der Waals surface area contributed by atoms with Gasteiger partial charge in [0.25, 0.3) is 0 Å². The van der Waals surface area contributed by atoms with Crippen molar-refractivity contribution in [2.75, 3.05) is 57.3 Å². The summed E-state index contributed by atoms with van der Waals surface area (Å²) in [6, 6.07) is 3.99. The van der Waals surface area contributed by atoms with E-state index in [1.54, 1.807) is 12.4 Å². The van der Waals surface area contributed by atoms with Crippen LogP contribution in [0.5, 0.6) is 0 Å². The number of hydrogen-bond donors (Lipinski definition) is 1. The minimum absolute atomic E-state index is 0.466. The molecular formula is C17H25N5O3. The fourth-order valence-electron chi connectivity index (χ4n) is 3.43. The third-order valence-corrected chi connectivity index (χ3v) is 4.64. The normalized spacial score (nSPS) is 20.9. The molecule has 0 saturated carbocycles. The zero-order chi connectivity index (χ0) is 17.6. The van der Waals surface area contributed by atoms with Gasteiger partial charge in [-0.15, -0.1) is 0 Å². The van der Waals surface area contributed by atoms with Crippen molar-refractivity contribution in [2.24, 2.45) is 0 Å². The molecule has 0 spiro atoms. The summed E-state index contributed by atoms with van der Waals surface area (Å²) in [5.41, 5.74) is 1.14. The summed E-state index contributed by atoms with van der Waals surface area (Å²) in [6.07, 6.45) is 3.08. The van der Waals surface area contributed by atoms with Gasteiger partial charge in [-0.05, 0) is 12.1 Å². The van der Waals surface area contributed by atoms with E-state index in [2.05, 4.69) is 25.0 Å². The number of hydrogen-bond acceptors (Lipinski definition) is 8. The monoisotopic (exact) mass is 347 g/mol. The minimum Gasteiger partial charge on any atom is -0.391 e. The lowest BCUT2D eigenvalue weighted by atomic mass is 10.2. The highest BCUT2D eigenvalue weighted by Gasteiger charge is 2.36. The lowest BCUT2D eigenvalue weighted by molar-refractivity contribution is -0.168. The molecule has 1 aromatic heterocycles. The minimum atomic E-state index is -0.555. The van der Waals surface area contributed by atoms with Gasteiger partial charge in [0.2, 0.25) is 0 Å². The lowest BCUT2D eigenvalue weighted by Gasteiger charge is -2.43. The van der Waals surface area contributed by atoms with Crippen LogP contribution in [0, 0.1) is 0 Å². The maximum absolute atomic E-state index is 12.5. The number of ether oxygens (including phenoxy) is 1. The summed E-state index contributed by atoms with van der Waals surface area (Å²) in [7, 11) is 0. The van der Waals surface area contributed by atoms with E-state index in [0.29, 0.717) is 0 Å². The van der Waals surface area contributed by atoms with Crippen molar-refractivity contribution >= 4 is 17.6 Å². The number of rotatable bonds is 4. The van der Waals surface area contributed by atoms with Gasteiger partial charge in [0.05, 0.1) is 0 Å². The fraction of sp³-hybridized carbons (Fsp3) is 0.588. The number of pyridine rings is 1. The molecule has 2 fully saturated rings. The molecule has 136 valence electrons. The van der Waals surface area contributed by atoms with Gasteiger partial charge in [0, 0.05) is 77.4 Å². The Morgan fingerprint density at radius 3 is 2.24 bits per heavy atom. The number of carbonyl (C=O) groups is 2. The maximum Gasteiger partial charge on any atom is 0.346 e. The van der Waals surface area contributed by atoms with Crippen molar-refractivity contribution in [2.45, 2.75) is 13.1 Å². The highest BCUT2D eigenvalue weighted by atomic mass is 16.6. The number of aromatic nitrogens is 1. The molecule has 3 rings (SSSR count). The SMILES string of the molecule is CC(=O)OC(=O)C(N1CCNCC1)N1CCN(c2ccncc2)CC1. The van der Waals surface area contributed by atoms with Crippen molar-refractivity contribution in [1.82, 2.24) is 20.1 Å². The van der Waals surface area contributed by atoms with Crippen LogP contribution >= 0.6 is 0 Å². The van der Waals surface area contributed by atoms with Crippen LogP contribution in [-0.2, 0) is 14.3 Å². The Morgan fingerprint density at radius 2 is 1.64 bits per heavy atom. The van der Waals surface area contributed by atoms with Crippen molar-refractivity contribution in [3.63, 3.8) is 0 Å². The Balaban J connectivity index is 1.67. The highest BCUT2D eigenvalue weighted by Crippen LogP contribution is 2.18. The molecule has 8 nitrogen and oxygen atoms in total. The molecule has 3 heterocycles. The maximum atomic E-state index is 12.5. The van der Waals surface area contributed by atoms with Gasteiger partial charge in [-0.2, -0.15) is 0 Å². The molecule has 2 aliphatic rings. The molecule has 1 aromatic rings.